The fourth-order valence-electron chi connectivity index (χ4n) is 1.92. The molecule has 0 amide bonds. The second-order valence-corrected chi connectivity index (χ2v) is 3.93. The van der Waals surface area contributed by atoms with E-state index in [-0.39, 0.29) is 12.1 Å². The third-order valence-electron chi connectivity index (χ3n) is 2.70. The van der Waals surface area contributed by atoms with Gasteiger partial charge >= 0.3 is 5.97 Å². The standard InChI is InChI=1S/C14H15FN2O2/c1-3-16-12-9-6-5-7-11(15)13(9)17-8-10(12)14(18)19-4-2/h5-8H,3-4H2,1-2H3,(H,16,17). The number of pyridine rings is 1. The molecule has 1 aromatic carbocycles. The minimum Gasteiger partial charge on any atom is -0.462 e. The summed E-state index contributed by atoms with van der Waals surface area (Å²) in [7, 11) is 0. The normalized spacial score (nSPS) is 10.5. The molecule has 100 valence electrons. The van der Waals surface area contributed by atoms with Gasteiger partial charge in [0.2, 0.25) is 0 Å². The molecule has 1 aromatic heterocycles. The second kappa shape index (κ2) is 5.65. The highest BCUT2D eigenvalue weighted by molar-refractivity contribution is 6.04. The molecule has 2 aromatic rings. The molecule has 0 bridgehead atoms. The average molecular weight is 262 g/mol. The lowest BCUT2D eigenvalue weighted by Gasteiger charge is -2.12. The summed E-state index contributed by atoms with van der Waals surface area (Å²) in [6, 6.07) is 4.66. The fraction of sp³-hybridized carbons (Fsp3) is 0.286. The highest BCUT2D eigenvalue weighted by atomic mass is 19.1. The number of carbonyl (C=O) groups is 1. The maximum atomic E-state index is 13.7. The Morgan fingerprint density at radius 2 is 2.21 bits per heavy atom. The molecular formula is C14H15FN2O2. The number of carbonyl (C=O) groups excluding carboxylic acids is 1. The molecule has 0 radical (unpaired) electrons. The topological polar surface area (TPSA) is 51.2 Å². The first-order chi connectivity index (χ1) is 9.19. The highest BCUT2D eigenvalue weighted by Crippen LogP contribution is 2.27. The van der Waals surface area contributed by atoms with Crippen molar-refractivity contribution in [1.29, 1.82) is 0 Å². The van der Waals surface area contributed by atoms with Crippen LogP contribution in [-0.2, 0) is 4.74 Å². The zero-order valence-electron chi connectivity index (χ0n) is 10.9. The number of anilines is 1. The number of halogens is 1. The van der Waals surface area contributed by atoms with Crippen LogP contribution in [-0.4, -0.2) is 24.1 Å². The minimum absolute atomic E-state index is 0.242. The summed E-state index contributed by atoms with van der Waals surface area (Å²) in [5, 5.41) is 3.65. The minimum atomic E-state index is -0.461. The summed E-state index contributed by atoms with van der Waals surface area (Å²) >= 11 is 0. The molecule has 0 aliphatic carbocycles. The van der Waals surface area contributed by atoms with Crippen LogP contribution in [0, 0.1) is 5.82 Å². The van der Waals surface area contributed by atoms with Crippen molar-refractivity contribution in [3.8, 4) is 0 Å². The number of nitrogens with zero attached hydrogens (tertiary/aromatic N) is 1. The summed E-state index contributed by atoms with van der Waals surface area (Å²) in [4.78, 5) is 15.9. The van der Waals surface area contributed by atoms with Gasteiger partial charge in [0, 0.05) is 18.1 Å². The van der Waals surface area contributed by atoms with E-state index in [1.807, 2.05) is 6.92 Å². The highest BCUT2D eigenvalue weighted by Gasteiger charge is 2.17. The van der Waals surface area contributed by atoms with Crippen LogP contribution in [0.2, 0.25) is 0 Å². The van der Waals surface area contributed by atoms with E-state index in [0.29, 0.717) is 23.2 Å². The smallest absolute Gasteiger partial charge is 0.341 e. The summed E-state index contributed by atoms with van der Waals surface area (Å²) in [5.41, 5.74) is 1.12. The van der Waals surface area contributed by atoms with Gasteiger partial charge in [0.05, 0.1) is 12.3 Å². The van der Waals surface area contributed by atoms with Gasteiger partial charge in [-0.25, -0.2) is 9.18 Å². The van der Waals surface area contributed by atoms with Crippen LogP contribution in [0.3, 0.4) is 0 Å². The van der Waals surface area contributed by atoms with E-state index in [0.717, 1.165) is 0 Å². The second-order valence-electron chi connectivity index (χ2n) is 3.93. The van der Waals surface area contributed by atoms with Crippen molar-refractivity contribution in [2.24, 2.45) is 0 Å². The summed E-state index contributed by atoms with van der Waals surface area (Å²) in [6.07, 6.45) is 1.35. The van der Waals surface area contributed by atoms with Crippen molar-refractivity contribution < 1.29 is 13.9 Å². The quantitative estimate of drug-likeness (QED) is 0.861. The van der Waals surface area contributed by atoms with Crippen molar-refractivity contribution in [3.63, 3.8) is 0 Å². The molecule has 0 unspecified atom stereocenters. The van der Waals surface area contributed by atoms with Gasteiger partial charge in [0.1, 0.15) is 16.9 Å². The molecule has 0 aliphatic rings. The van der Waals surface area contributed by atoms with Crippen LogP contribution in [0.5, 0.6) is 0 Å². The van der Waals surface area contributed by atoms with Crippen molar-refractivity contribution in [2.75, 3.05) is 18.5 Å². The molecule has 4 nitrogen and oxygen atoms in total. The van der Waals surface area contributed by atoms with Gasteiger partial charge in [-0.2, -0.15) is 0 Å². The van der Waals surface area contributed by atoms with E-state index < -0.39 is 11.8 Å². The Hall–Kier alpha value is -2.17. The lowest BCUT2D eigenvalue weighted by molar-refractivity contribution is 0.0527. The van der Waals surface area contributed by atoms with Crippen molar-refractivity contribution in [2.45, 2.75) is 13.8 Å². The monoisotopic (exact) mass is 262 g/mol. The number of nitrogens with one attached hydrogen (secondary N) is 1. The number of hydrogen-bond donors (Lipinski definition) is 1. The molecule has 0 saturated carbocycles. The maximum absolute atomic E-state index is 13.7. The van der Waals surface area contributed by atoms with Crippen LogP contribution >= 0.6 is 0 Å². The van der Waals surface area contributed by atoms with Crippen molar-refractivity contribution in [3.05, 3.63) is 35.8 Å². The largest absolute Gasteiger partial charge is 0.462 e. The summed E-state index contributed by atoms with van der Waals surface area (Å²) in [6.45, 7) is 4.53. The number of hydrogen-bond acceptors (Lipinski definition) is 4. The molecule has 5 heteroatoms. The Morgan fingerprint density at radius 3 is 2.89 bits per heavy atom. The Morgan fingerprint density at radius 1 is 1.42 bits per heavy atom. The van der Waals surface area contributed by atoms with E-state index in [2.05, 4.69) is 10.3 Å². The van der Waals surface area contributed by atoms with E-state index in [4.69, 9.17) is 4.74 Å². The SMILES string of the molecule is CCNc1c(C(=O)OCC)cnc2c(F)cccc12. The molecule has 0 spiro atoms. The number of fused-ring (bicyclic) bond motifs is 1. The zero-order valence-corrected chi connectivity index (χ0v) is 10.9. The van der Waals surface area contributed by atoms with Gasteiger partial charge < -0.3 is 10.1 Å². The first-order valence-electron chi connectivity index (χ1n) is 6.17. The number of rotatable bonds is 4. The predicted octanol–water partition coefficient (Wildman–Crippen LogP) is 2.98. The van der Waals surface area contributed by atoms with Gasteiger partial charge in [-0.3, -0.25) is 4.98 Å². The lowest BCUT2D eigenvalue weighted by atomic mass is 10.1. The molecule has 2 rings (SSSR count). The fourth-order valence-corrected chi connectivity index (χ4v) is 1.92. The number of benzene rings is 1. The summed E-state index contributed by atoms with van der Waals surface area (Å²) < 4.78 is 18.7. The predicted molar refractivity (Wildman–Crippen MR) is 71.8 cm³/mol. The number of para-hydroxylation sites is 1. The molecular weight excluding hydrogens is 247 g/mol. The summed E-state index contributed by atoms with van der Waals surface area (Å²) in [5.74, 6) is -0.871. The molecule has 1 heterocycles. The molecule has 1 N–H and O–H groups in total. The van der Waals surface area contributed by atoms with Gasteiger partial charge in [0.15, 0.2) is 0 Å². The Balaban J connectivity index is 2.65. The number of esters is 1. The maximum Gasteiger partial charge on any atom is 0.341 e. The molecule has 19 heavy (non-hydrogen) atoms. The Kier molecular flexibility index (Phi) is 3.94. The lowest BCUT2D eigenvalue weighted by Crippen LogP contribution is -2.11. The van der Waals surface area contributed by atoms with E-state index in [1.165, 1.54) is 12.3 Å². The molecule has 0 fully saturated rings. The van der Waals surface area contributed by atoms with Gasteiger partial charge in [-0.1, -0.05) is 12.1 Å². The third kappa shape index (κ3) is 2.50. The van der Waals surface area contributed by atoms with Gasteiger partial charge in [-0.15, -0.1) is 0 Å². The van der Waals surface area contributed by atoms with Crippen LogP contribution in [0.1, 0.15) is 24.2 Å². The van der Waals surface area contributed by atoms with Gasteiger partial charge in [0.25, 0.3) is 0 Å². The first kappa shape index (κ1) is 13.3. The van der Waals surface area contributed by atoms with Crippen molar-refractivity contribution in [1.82, 2.24) is 4.98 Å². The van der Waals surface area contributed by atoms with Crippen molar-refractivity contribution >= 4 is 22.6 Å². The van der Waals surface area contributed by atoms with Crippen LogP contribution in [0.25, 0.3) is 10.9 Å². The zero-order chi connectivity index (χ0) is 13.8. The molecule has 0 saturated heterocycles. The first-order valence-corrected chi connectivity index (χ1v) is 6.17. The third-order valence-corrected chi connectivity index (χ3v) is 2.70. The van der Waals surface area contributed by atoms with Gasteiger partial charge in [-0.05, 0) is 19.9 Å². The molecule has 0 atom stereocenters. The number of ether oxygens (including phenoxy) is 1. The van der Waals surface area contributed by atoms with E-state index >= 15 is 0 Å². The van der Waals surface area contributed by atoms with Crippen LogP contribution < -0.4 is 5.32 Å². The average Bonchev–Trinajstić information content (AvgIpc) is 2.40. The van der Waals surface area contributed by atoms with E-state index in [9.17, 15) is 9.18 Å². The number of aromatic nitrogens is 1. The molecule has 0 aliphatic heterocycles. The Bertz CT molecular complexity index is 614. The van der Waals surface area contributed by atoms with Crippen LogP contribution in [0.4, 0.5) is 10.1 Å². The van der Waals surface area contributed by atoms with E-state index in [1.54, 1.807) is 19.1 Å². The van der Waals surface area contributed by atoms with Crippen LogP contribution in [0.15, 0.2) is 24.4 Å². The Labute approximate surface area is 110 Å².